The number of halogens is 2. The summed E-state index contributed by atoms with van der Waals surface area (Å²) in [5.74, 6) is 2.02. The molecule has 1 aromatic rings. The van der Waals surface area contributed by atoms with Crippen LogP contribution in [0, 0.1) is 6.92 Å². The first-order chi connectivity index (χ1) is 9.42. The summed E-state index contributed by atoms with van der Waals surface area (Å²) >= 11 is 0. The van der Waals surface area contributed by atoms with Crippen LogP contribution >= 0.6 is 0 Å². The third-order valence-corrected chi connectivity index (χ3v) is 7.55. The molecule has 0 aromatic heterocycles. The van der Waals surface area contributed by atoms with Crippen LogP contribution in [0.15, 0.2) is 12.1 Å². The molecule has 0 atom stereocenters. The van der Waals surface area contributed by atoms with E-state index in [0.717, 1.165) is 17.1 Å². The fourth-order valence-electron chi connectivity index (χ4n) is 2.35. The number of hydrogen-bond donors (Lipinski definition) is 0. The lowest BCUT2D eigenvalue weighted by molar-refractivity contribution is -0.001000. The van der Waals surface area contributed by atoms with Gasteiger partial charge in [0.15, 0.2) is 0 Å². The first kappa shape index (κ1) is 24.4. The average Bonchev–Trinajstić information content (AvgIpc) is 2.34. The smallest absolute Gasteiger partial charge is 0.294 e. The molecule has 0 saturated carbocycles. The molecule has 1 aromatic carbocycles. The fraction of sp³-hybridized carbons (Fsp3) is 0.625. The molecule has 0 heterocycles. The van der Waals surface area contributed by atoms with Crippen molar-refractivity contribution in [1.29, 1.82) is 0 Å². The second-order valence-electron chi connectivity index (χ2n) is 5.11. The van der Waals surface area contributed by atoms with E-state index in [1.165, 1.54) is 5.56 Å². The monoisotopic (exact) mass is 386 g/mol. The van der Waals surface area contributed by atoms with Gasteiger partial charge in [0.1, 0.15) is 42.1 Å². The molecule has 0 N–H and O–H groups in total. The highest BCUT2D eigenvalue weighted by atomic mass is 35.5. The van der Waals surface area contributed by atoms with Crippen molar-refractivity contribution in [2.45, 2.75) is 25.4 Å². The summed E-state index contributed by atoms with van der Waals surface area (Å²) in [7, 11) is 0.619. The number of benzene rings is 1. The zero-order valence-electron chi connectivity index (χ0n) is 14.5. The van der Waals surface area contributed by atoms with E-state index in [1.54, 1.807) is 0 Å². The molecule has 0 spiro atoms. The lowest BCUT2D eigenvalue weighted by Gasteiger charge is -2.18. The van der Waals surface area contributed by atoms with Crippen molar-refractivity contribution in [2.75, 3.05) is 38.2 Å². The van der Waals surface area contributed by atoms with E-state index in [9.17, 15) is 0 Å². The van der Waals surface area contributed by atoms with E-state index < -0.39 is 0 Å². The first-order valence-corrected chi connectivity index (χ1v) is 11.2. The van der Waals surface area contributed by atoms with Gasteiger partial charge in [0.25, 0.3) is 4.58 Å². The maximum Gasteiger partial charge on any atom is 0.294 e. The molecule has 0 aliphatic carbocycles. The molecule has 0 unspecified atom stereocenters. The number of ether oxygens (including phenoxy) is 2. The summed E-state index contributed by atoms with van der Waals surface area (Å²) in [6.07, 6.45) is 9.25. The van der Waals surface area contributed by atoms with Crippen LogP contribution < -0.4 is 34.3 Å². The van der Waals surface area contributed by atoms with Gasteiger partial charge in [-0.25, -0.2) is 0 Å². The molecule has 0 radical (unpaired) electrons. The zero-order chi connectivity index (χ0) is 15.3. The minimum atomic E-state index is 0. The van der Waals surface area contributed by atoms with Gasteiger partial charge in [-0.3, -0.25) is 0 Å². The molecule has 0 bridgehead atoms. The minimum absolute atomic E-state index is 0. The van der Waals surface area contributed by atoms with Crippen molar-refractivity contribution >= 4 is 21.8 Å². The SMILES string of the molecule is CCOc1cc(C([S+](C)C)[S+](C)C)c(OCC)cc1C.[Cl-].[Cl-]. The average molecular weight is 387 g/mol. The topological polar surface area (TPSA) is 18.5 Å². The Kier molecular flexibility index (Phi) is 12.8. The van der Waals surface area contributed by atoms with Crippen LogP contribution in [0.1, 0.15) is 29.6 Å². The Hall–Kier alpha value is 0.1000. The molecule has 0 saturated heterocycles. The maximum atomic E-state index is 5.89. The van der Waals surface area contributed by atoms with Crippen LogP contribution in [0.5, 0.6) is 11.5 Å². The van der Waals surface area contributed by atoms with Gasteiger partial charge < -0.3 is 34.3 Å². The Labute approximate surface area is 154 Å². The van der Waals surface area contributed by atoms with E-state index in [1.807, 2.05) is 13.8 Å². The predicted octanol–water partition coefficient (Wildman–Crippen LogP) is -2.45. The molecule has 6 heteroatoms. The highest BCUT2D eigenvalue weighted by Crippen LogP contribution is 2.38. The van der Waals surface area contributed by atoms with Gasteiger partial charge in [-0.05, 0) is 38.5 Å². The van der Waals surface area contributed by atoms with Crippen LogP contribution in [-0.2, 0) is 21.8 Å². The van der Waals surface area contributed by atoms with Crippen molar-refractivity contribution in [3.05, 3.63) is 23.3 Å². The highest BCUT2D eigenvalue weighted by molar-refractivity contribution is 8.12. The van der Waals surface area contributed by atoms with Crippen molar-refractivity contribution in [3.8, 4) is 11.5 Å². The van der Waals surface area contributed by atoms with Gasteiger partial charge in [-0.2, -0.15) is 0 Å². The number of rotatable bonds is 7. The third kappa shape index (κ3) is 6.31. The summed E-state index contributed by atoms with van der Waals surface area (Å²) in [5.41, 5.74) is 2.46. The van der Waals surface area contributed by atoms with Gasteiger partial charge >= 0.3 is 0 Å². The van der Waals surface area contributed by atoms with Crippen LogP contribution in [-0.4, -0.2) is 38.2 Å². The van der Waals surface area contributed by atoms with E-state index in [0.29, 0.717) is 39.6 Å². The van der Waals surface area contributed by atoms with E-state index >= 15 is 0 Å². The van der Waals surface area contributed by atoms with Crippen molar-refractivity contribution in [1.82, 2.24) is 0 Å². The standard InChI is InChI=1S/C16H28O2S2.2ClH/c1-8-17-14-11-13(16(19(4)5)20(6)7)15(18-9-2)10-12(14)3;;/h10-11,16H,8-9H2,1-7H3;2*1H/q+2;;/p-2. The minimum Gasteiger partial charge on any atom is -1.00 e. The Morgan fingerprint density at radius 3 is 1.73 bits per heavy atom. The summed E-state index contributed by atoms with van der Waals surface area (Å²) in [6, 6.07) is 4.34. The molecular weight excluding hydrogens is 359 g/mol. The van der Waals surface area contributed by atoms with Gasteiger partial charge in [0, 0.05) is 21.8 Å². The third-order valence-electron chi connectivity index (χ3n) is 3.02. The number of hydrogen-bond acceptors (Lipinski definition) is 2. The summed E-state index contributed by atoms with van der Waals surface area (Å²) in [5, 5.41) is 0. The van der Waals surface area contributed by atoms with E-state index in [-0.39, 0.29) is 24.8 Å². The Balaban J connectivity index is 0. The van der Waals surface area contributed by atoms with Gasteiger partial charge in [0.05, 0.1) is 13.2 Å². The largest absolute Gasteiger partial charge is 1.00 e. The van der Waals surface area contributed by atoms with Crippen LogP contribution in [0.3, 0.4) is 0 Å². The molecule has 0 aliphatic rings. The normalized spacial score (nSPS) is 10.5. The van der Waals surface area contributed by atoms with Crippen molar-refractivity contribution < 1.29 is 34.3 Å². The molecule has 1 rings (SSSR count). The Morgan fingerprint density at radius 2 is 1.32 bits per heavy atom. The fourth-order valence-corrected chi connectivity index (χ4v) is 6.81. The van der Waals surface area contributed by atoms with Crippen LogP contribution in [0.25, 0.3) is 0 Å². The van der Waals surface area contributed by atoms with Gasteiger partial charge in [0.2, 0.25) is 0 Å². The highest BCUT2D eigenvalue weighted by Gasteiger charge is 2.38. The van der Waals surface area contributed by atoms with Crippen molar-refractivity contribution in [3.63, 3.8) is 0 Å². The Morgan fingerprint density at radius 1 is 0.864 bits per heavy atom. The molecule has 0 amide bonds. The summed E-state index contributed by atoms with van der Waals surface area (Å²) in [4.78, 5) is 0. The molecule has 2 nitrogen and oxygen atoms in total. The first-order valence-electron chi connectivity index (χ1n) is 6.95. The van der Waals surface area contributed by atoms with Gasteiger partial charge in [-0.15, -0.1) is 0 Å². The summed E-state index contributed by atoms with van der Waals surface area (Å²) in [6.45, 7) is 7.56. The quantitative estimate of drug-likeness (QED) is 0.484. The second kappa shape index (κ2) is 11.6. The zero-order valence-corrected chi connectivity index (χ0v) is 17.7. The molecule has 0 fully saturated rings. The molecule has 22 heavy (non-hydrogen) atoms. The lowest BCUT2D eigenvalue weighted by Crippen LogP contribution is -3.00. The van der Waals surface area contributed by atoms with E-state index in [4.69, 9.17) is 9.47 Å². The number of aryl methyl sites for hydroxylation is 1. The van der Waals surface area contributed by atoms with E-state index in [2.05, 4.69) is 44.1 Å². The van der Waals surface area contributed by atoms with Crippen LogP contribution in [0.4, 0.5) is 0 Å². The second-order valence-corrected chi connectivity index (χ2v) is 9.87. The van der Waals surface area contributed by atoms with Crippen LogP contribution in [0.2, 0.25) is 0 Å². The van der Waals surface area contributed by atoms with Crippen molar-refractivity contribution in [2.24, 2.45) is 0 Å². The maximum absolute atomic E-state index is 5.89. The van der Waals surface area contributed by atoms with Gasteiger partial charge in [-0.1, -0.05) is 0 Å². The molecular formula is C16H28Cl2O2S2. The predicted molar refractivity (Wildman–Crippen MR) is 94.7 cm³/mol. The molecule has 0 aliphatic heterocycles. The Bertz CT molecular complexity index is 432. The summed E-state index contributed by atoms with van der Waals surface area (Å²) < 4.78 is 12.2. The molecule has 130 valence electrons. The lowest BCUT2D eigenvalue weighted by atomic mass is 10.1.